The van der Waals surface area contributed by atoms with Gasteiger partial charge in [-0.15, -0.1) is 0 Å². The van der Waals surface area contributed by atoms with Crippen LogP contribution in [0.2, 0.25) is 0 Å². The Kier molecular flexibility index (Phi) is 5.01. The van der Waals surface area contributed by atoms with Gasteiger partial charge in [-0.1, -0.05) is 25.5 Å². The minimum Gasteiger partial charge on any atom is -0.399 e. The lowest BCUT2D eigenvalue weighted by atomic mass is 10.2. The van der Waals surface area contributed by atoms with E-state index in [0.29, 0.717) is 31.9 Å². The first kappa shape index (κ1) is 15.3. The Labute approximate surface area is 121 Å². The second kappa shape index (κ2) is 6.56. The lowest BCUT2D eigenvalue weighted by molar-refractivity contribution is 0.303. The molecule has 20 heavy (non-hydrogen) atoms. The summed E-state index contributed by atoms with van der Waals surface area (Å²) in [5.74, 6) is 0. The van der Waals surface area contributed by atoms with Crippen molar-refractivity contribution in [3.8, 4) is 0 Å². The first-order valence-corrected chi connectivity index (χ1v) is 8.53. The highest BCUT2D eigenvalue weighted by Gasteiger charge is 2.29. The lowest BCUT2D eigenvalue weighted by Crippen LogP contribution is -2.45. The second-order valence-electron chi connectivity index (χ2n) is 5.14. The number of benzene rings is 1. The Bertz CT molecular complexity index is 539. The summed E-state index contributed by atoms with van der Waals surface area (Å²) >= 11 is 0. The van der Waals surface area contributed by atoms with Crippen LogP contribution >= 0.6 is 0 Å². The van der Waals surface area contributed by atoms with Gasteiger partial charge in [0.05, 0.1) is 0 Å². The molecule has 2 rings (SSSR count). The molecule has 1 aliphatic heterocycles. The first-order valence-electron chi connectivity index (χ1n) is 7.13. The Morgan fingerprint density at radius 2 is 1.95 bits per heavy atom. The minimum atomic E-state index is -3.36. The molecule has 1 saturated heterocycles. The molecule has 1 aromatic carbocycles. The molecule has 0 unspecified atom stereocenters. The predicted octanol–water partition coefficient (Wildman–Crippen LogP) is 1.82. The zero-order valence-corrected chi connectivity index (χ0v) is 12.8. The SMILES string of the molecule is CCN(Cc1cccc(N)c1)S(=O)(=O)N1CCCCC1. The van der Waals surface area contributed by atoms with Crippen LogP contribution in [0.15, 0.2) is 24.3 Å². The Hall–Kier alpha value is -1.11. The maximum absolute atomic E-state index is 12.6. The normalized spacial score (nSPS) is 17.5. The molecule has 0 aliphatic carbocycles. The number of rotatable bonds is 5. The highest BCUT2D eigenvalue weighted by atomic mass is 32.2. The van der Waals surface area contributed by atoms with Crippen molar-refractivity contribution in [3.05, 3.63) is 29.8 Å². The van der Waals surface area contributed by atoms with Crippen molar-refractivity contribution in [2.24, 2.45) is 0 Å². The van der Waals surface area contributed by atoms with Gasteiger partial charge in [-0.05, 0) is 30.5 Å². The summed E-state index contributed by atoms with van der Waals surface area (Å²) in [6.07, 6.45) is 3.03. The fourth-order valence-corrected chi connectivity index (χ4v) is 4.20. The molecule has 0 saturated carbocycles. The fraction of sp³-hybridized carbons (Fsp3) is 0.571. The third kappa shape index (κ3) is 3.50. The third-order valence-corrected chi connectivity index (χ3v) is 5.69. The van der Waals surface area contributed by atoms with E-state index in [9.17, 15) is 8.42 Å². The summed E-state index contributed by atoms with van der Waals surface area (Å²) in [4.78, 5) is 0. The number of piperidine rings is 1. The standard InChI is InChI=1S/C14H23N3O2S/c1-2-16(12-13-7-6-8-14(15)11-13)20(18,19)17-9-4-3-5-10-17/h6-8,11H,2-5,9-10,12,15H2,1H3. The predicted molar refractivity (Wildman–Crippen MR) is 81.3 cm³/mol. The largest absolute Gasteiger partial charge is 0.399 e. The summed E-state index contributed by atoms with van der Waals surface area (Å²) in [6.45, 7) is 3.98. The molecule has 5 nitrogen and oxygen atoms in total. The molecule has 112 valence electrons. The number of nitrogens with two attached hydrogens (primary N) is 1. The quantitative estimate of drug-likeness (QED) is 0.843. The van der Waals surface area contributed by atoms with Gasteiger partial charge < -0.3 is 5.73 Å². The van der Waals surface area contributed by atoms with E-state index < -0.39 is 10.2 Å². The molecule has 0 amide bonds. The average Bonchev–Trinajstić information content (AvgIpc) is 2.45. The number of hydrogen-bond acceptors (Lipinski definition) is 3. The second-order valence-corrected chi connectivity index (χ2v) is 7.07. The Morgan fingerprint density at radius 3 is 2.55 bits per heavy atom. The van der Waals surface area contributed by atoms with Crippen LogP contribution in [0.5, 0.6) is 0 Å². The zero-order valence-electron chi connectivity index (χ0n) is 12.0. The highest BCUT2D eigenvalue weighted by Crippen LogP contribution is 2.19. The van der Waals surface area contributed by atoms with Crippen LogP contribution in [-0.2, 0) is 16.8 Å². The number of hydrogen-bond donors (Lipinski definition) is 1. The van der Waals surface area contributed by atoms with E-state index in [-0.39, 0.29) is 0 Å². The lowest BCUT2D eigenvalue weighted by Gasteiger charge is -2.31. The van der Waals surface area contributed by atoms with Crippen molar-refractivity contribution >= 4 is 15.9 Å². The van der Waals surface area contributed by atoms with Crippen molar-refractivity contribution < 1.29 is 8.42 Å². The summed E-state index contributed by atoms with van der Waals surface area (Å²) in [7, 11) is -3.36. The molecule has 0 aromatic heterocycles. The average molecular weight is 297 g/mol. The molecule has 0 atom stereocenters. The summed E-state index contributed by atoms with van der Waals surface area (Å²) in [5.41, 5.74) is 7.33. The van der Waals surface area contributed by atoms with Gasteiger partial charge in [-0.2, -0.15) is 17.0 Å². The van der Waals surface area contributed by atoms with Crippen LogP contribution < -0.4 is 5.73 Å². The number of nitrogens with zero attached hydrogens (tertiary/aromatic N) is 2. The summed E-state index contributed by atoms with van der Waals surface area (Å²) in [6, 6.07) is 7.39. The molecule has 0 radical (unpaired) electrons. The van der Waals surface area contributed by atoms with Crippen molar-refractivity contribution in [2.75, 3.05) is 25.4 Å². The van der Waals surface area contributed by atoms with Crippen molar-refractivity contribution in [1.82, 2.24) is 8.61 Å². The first-order chi connectivity index (χ1) is 9.54. The van der Waals surface area contributed by atoms with Crippen LogP contribution in [0.25, 0.3) is 0 Å². The van der Waals surface area contributed by atoms with Crippen molar-refractivity contribution in [3.63, 3.8) is 0 Å². The molecule has 6 heteroatoms. The molecule has 1 aromatic rings. The topological polar surface area (TPSA) is 66.6 Å². The van der Waals surface area contributed by atoms with Crippen LogP contribution in [0.1, 0.15) is 31.7 Å². The van der Waals surface area contributed by atoms with Gasteiger partial charge in [0.2, 0.25) is 0 Å². The maximum Gasteiger partial charge on any atom is 0.282 e. The monoisotopic (exact) mass is 297 g/mol. The molecule has 1 aliphatic rings. The van der Waals surface area contributed by atoms with Gasteiger partial charge in [0, 0.05) is 31.9 Å². The summed E-state index contributed by atoms with van der Waals surface area (Å²) < 4.78 is 28.4. The van der Waals surface area contributed by atoms with Gasteiger partial charge >= 0.3 is 0 Å². The number of nitrogen functional groups attached to an aromatic ring is 1. The maximum atomic E-state index is 12.6. The van der Waals surface area contributed by atoms with E-state index in [1.807, 2.05) is 25.1 Å². The van der Waals surface area contributed by atoms with Crippen LogP contribution in [0.3, 0.4) is 0 Å². The molecule has 1 heterocycles. The van der Waals surface area contributed by atoms with Gasteiger partial charge in [-0.25, -0.2) is 0 Å². The third-order valence-electron chi connectivity index (χ3n) is 3.63. The van der Waals surface area contributed by atoms with Crippen LogP contribution in [-0.4, -0.2) is 36.7 Å². The molecule has 1 fully saturated rings. The summed E-state index contributed by atoms with van der Waals surface area (Å²) in [5, 5.41) is 0. The highest BCUT2D eigenvalue weighted by molar-refractivity contribution is 7.86. The van der Waals surface area contributed by atoms with E-state index in [0.717, 1.165) is 24.8 Å². The van der Waals surface area contributed by atoms with Crippen LogP contribution in [0.4, 0.5) is 5.69 Å². The van der Waals surface area contributed by atoms with Gasteiger partial charge in [0.25, 0.3) is 10.2 Å². The molecular formula is C14H23N3O2S. The molecule has 0 bridgehead atoms. The molecular weight excluding hydrogens is 274 g/mol. The van der Waals surface area contributed by atoms with E-state index >= 15 is 0 Å². The van der Waals surface area contributed by atoms with E-state index in [2.05, 4.69) is 0 Å². The zero-order chi connectivity index (χ0) is 14.6. The van der Waals surface area contributed by atoms with Crippen molar-refractivity contribution in [2.45, 2.75) is 32.7 Å². The van der Waals surface area contributed by atoms with Crippen LogP contribution in [0, 0.1) is 0 Å². The number of anilines is 1. The Morgan fingerprint density at radius 1 is 1.25 bits per heavy atom. The van der Waals surface area contributed by atoms with E-state index in [1.54, 1.807) is 10.4 Å². The van der Waals surface area contributed by atoms with E-state index in [1.165, 1.54) is 4.31 Å². The van der Waals surface area contributed by atoms with Gasteiger partial charge in [0.1, 0.15) is 0 Å². The fourth-order valence-electron chi connectivity index (χ4n) is 2.51. The Balaban J connectivity index is 2.14. The molecule has 2 N–H and O–H groups in total. The van der Waals surface area contributed by atoms with Gasteiger partial charge in [-0.3, -0.25) is 0 Å². The van der Waals surface area contributed by atoms with Gasteiger partial charge in [0.15, 0.2) is 0 Å². The van der Waals surface area contributed by atoms with E-state index in [4.69, 9.17) is 5.73 Å². The molecule has 0 spiro atoms. The van der Waals surface area contributed by atoms with Crippen molar-refractivity contribution in [1.29, 1.82) is 0 Å². The smallest absolute Gasteiger partial charge is 0.282 e. The minimum absolute atomic E-state index is 0.375.